The Labute approximate surface area is 221 Å². The van der Waals surface area contributed by atoms with Crippen LogP contribution >= 0.6 is 0 Å². The Morgan fingerprint density at radius 2 is 1.76 bits per heavy atom. The molecule has 3 aliphatic rings. The van der Waals surface area contributed by atoms with Crippen molar-refractivity contribution in [2.45, 2.75) is 104 Å². The van der Waals surface area contributed by atoms with Gasteiger partial charge in [0.05, 0.1) is 11.2 Å². The highest BCUT2D eigenvalue weighted by Gasteiger charge is 2.52. The number of rotatable bonds is 7. The molecule has 1 saturated carbocycles. The number of ether oxygens (including phenoxy) is 1. The van der Waals surface area contributed by atoms with Gasteiger partial charge in [0.2, 0.25) is 11.9 Å². The summed E-state index contributed by atoms with van der Waals surface area (Å²) in [5.74, 6) is 0.923. The predicted molar refractivity (Wildman–Crippen MR) is 142 cm³/mol. The molecule has 0 radical (unpaired) electrons. The molecule has 2 amide bonds. The van der Waals surface area contributed by atoms with Crippen LogP contribution in [-0.4, -0.2) is 82.5 Å². The molecular weight excluding hydrogens is 473 g/mol. The van der Waals surface area contributed by atoms with Gasteiger partial charge in [0.25, 0.3) is 0 Å². The summed E-state index contributed by atoms with van der Waals surface area (Å²) >= 11 is 0. The van der Waals surface area contributed by atoms with Crippen molar-refractivity contribution in [3.8, 4) is 0 Å². The Kier molecular flexibility index (Phi) is 7.51. The molecule has 0 aromatic carbocycles. The summed E-state index contributed by atoms with van der Waals surface area (Å²) in [6, 6.07) is -0.209. The number of hydrogen-bond donors (Lipinski definition) is 1. The minimum atomic E-state index is -0.640. The first-order valence-corrected chi connectivity index (χ1v) is 13.4. The lowest BCUT2D eigenvalue weighted by molar-refractivity contribution is -0.132. The zero-order valence-electron chi connectivity index (χ0n) is 23.5. The molecule has 204 valence electrons. The molecule has 0 spiro atoms. The molecule has 2 atom stereocenters. The normalized spacial score (nSPS) is 23.6. The average Bonchev–Trinajstić information content (AvgIpc) is 3.46. The van der Waals surface area contributed by atoms with E-state index in [4.69, 9.17) is 14.0 Å². The van der Waals surface area contributed by atoms with E-state index in [1.807, 2.05) is 32.6 Å². The number of amides is 2. The third-order valence-corrected chi connectivity index (χ3v) is 7.58. The molecular formula is C26H42BN5O5. The van der Waals surface area contributed by atoms with Gasteiger partial charge >= 0.3 is 13.2 Å². The van der Waals surface area contributed by atoms with Crippen molar-refractivity contribution >= 4 is 30.5 Å². The second-order valence-corrected chi connectivity index (χ2v) is 12.6. The van der Waals surface area contributed by atoms with E-state index in [0.717, 1.165) is 31.3 Å². The summed E-state index contributed by atoms with van der Waals surface area (Å²) in [5, 5.41) is 2.66. The number of nitrogens with one attached hydrogen (secondary N) is 1. The highest BCUT2D eigenvalue weighted by Crippen LogP contribution is 2.36. The van der Waals surface area contributed by atoms with Crippen molar-refractivity contribution in [3.63, 3.8) is 0 Å². The summed E-state index contributed by atoms with van der Waals surface area (Å²) in [6.07, 6.45) is 6.16. The van der Waals surface area contributed by atoms with Gasteiger partial charge in [-0.25, -0.2) is 14.8 Å². The zero-order chi connectivity index (χ0) is 27.2. The SMILES string of the molecule is C[C@H](NC(=O)OC(C)(C)C)C(=O)N1CC[C@H](CN(c2ncc(B3OC(C)(C)C(C)(C)O3)cn2)C2CC2)C1. The van der Waals surface area contributed by atoms with E-state index >= 15 is 0 Å². The second kappa shape index (κ2) is 10.1. The molecule has 2 saturated heterocycles. The molecule has 0 bridgehead atoms. The number of anilines is 1. The lowest BCUT2D eigenvalue weighted by Gasteiger charge is -2.32. The third kappa shape index (κ3) is 6.55. The van der Waals surface area contributed by atoms with Crippen LogP contribution in [0.3, 0.4) is 0 Å². The molecule has 11 heteroatoms. The van der Waals surface area contributed by atoms with Crippen molar-refractivity contribution in [1.29, 1.82) is 0 Å². The fourth-order valence-corrected chi connectivity index (χ4v) is 4.64. The van der Waals surface area contributed by atoms with Crippen LogP contribution in [0.1, 0.15) is 74.7 Å². The minimum absolute atomic E-state index is 0.0886. The molecule has 1 aromatic rings. The minimum Gasteiger partial charge on any atom is -0.444 e. The summed E-state index contributed by atoms with van der Waals surface area (Å²) in [4.78, 5) is 38.5. The molecule has 1 aliphatic carbocycles. The first-order valence-electron chi connectivity index (χ1n) is 13.4. The lowest BCUT2D eigenvalue weighted by Crippen LogP contribution is -2.47. The van der Waals surface area contributed by atoms with Gasteiger partial charge in [0.15, 0.2) is 0 Å². The number of hydrogen-bond acceptors (Lipinski definition) is 8. The van der Waals surface area contributed by atoms with Gasteiger partial charge in [-0.2, -0.15) is 0 Å². The molecule has 2 aliphatic heterocycles. The molecule has 0 unspecified atom stereocenters. The predicted octanol–water partition coefficient (Wildman–Crippen LogP) is 2.51. The smallest absolute Gasteiger partial charge is 0.444 e. The first-order chi connectivity index (χ1) is 17.1. The van der Waals surface area contributed by atoms with Gasteiger partial charge in [-0.1, -0.05) is 0 Å². The van der Waals surface area contributed by atoms with Crippen molar-refractivity contribution in [3.05, 3.63) is 12.4 Å². The van der Waals surface area contributed by atoms with E-state index in [-0.39, 0.29) is 5.91 Å². The molecule has 10 nitrogen and oxygen atoms in total. The molecule has 3 heterocycles. The van der Waals surface area contributed by atoms with Crippen LogP contribution in [0.2, 0.25) is 0 Å². The van der Waals surface area contributed by atoms with E-state index < -0.39 is 36.1 Å². The monoisotopic (exact) mass is 515 g/mol. The number of carbonyl (C=O) groups is 2. The number of carbonyl (C=O) groups excluding carboxylic acids is 2. The van der Waals surface area contributed by atoms with E-state index in [1.165, 1.54) is 0 Å². The molecule has 3 fully saturated rings. The quantitative estimate of drug-likeness (QED) is 0.553. The van der Waals surface area contributed by atoms with Crippen LogP contribution in [0, 0.1) is 5.92 Å². The third-order valence-electron chi connectivity index (χ3n) is 7.58. The van der Waals surface area contributed by atoms with Gasteiger partial charge < -0.3 is 29.2 Å². The van der Waals surface area contributed by atoms with Crippen LogP contribution < -0.4 is 15.7 Å². The molecule has 1 N–H and O–H groups in total. The number of likely N-dealkylation sites (tertiary alicyclic amines) is 1. The van der Waals surface area contributed by atoms with E-state index in [9.17, 15) is 9.59 Å². The molecule has 4 rings (SSSR count). The van der Waals surface area contributed by atoms with Gasteiger partial charge in [-0.05, 0) is 80.6 Å². The van der Waals surface area contributed by atoms with Crippen LogP contribution in [0.15, 0.2) is 12.4 Å². The van der Waals surface area contributed by atoms with Crippen LogP contribution in [0.4, 0.5) is 10.7 Å². The first kappa shape index (κ1) is 27.6. The lowest BCUT2D eigenvalue weighted by atomic mass is 9.81. The Bertz CT molecular complexity index is 976. The maximum Gasteiger partial charge on any atom is 0.498 e. The zero-order valence-corrected chi connectivity index (χ0v) is 23.5. The van der Waals surface area contributed by atoms with Gasteiger partial charge in [0, 0.05) is 43.5 Å². The Hall–Kier alpha value is -2.40. The number of alkyl carbamates (subject to hydrolysis) is 1. The van der Waals surface area contributed by atoms with E-state index in [1.54, 1.807) is 40.1 Å². The van der Waals surface area contributed by atoms with Crippen molar-refractivity contribution in [2.24, 2.45) is 5.92 Å². The summed E-state index contributed by atoms with van der Waals surface area (Å²) < 4.78 is 17.5. The fourth-order valence-electron chi connectivity index (χ4n) is 4.64. The highest BCUT2D eigenvalue weighted by molar-refractivity contribution is 6.61. The maximum atomic E-state index is 12.9. The maximum absolute atomic E-state index is 12.9. The average molecular weight is 515 g/mol. The van der Waals surface area contributed by atoms with Gasteiger partial charge in [0.1, 0.15) is 11.6 Å². The van der Waals surface area contributed by atoms with Crippen molar-refractivity contribution in [2.75, 3.05) is 24.5 Å². The number of aromatic nitrogens is 2. The van der Waals surface area contributed by atoms with Crippen molar-refractivity contribution < 1.29 is 23.6 Å². The Morgan fingerprint density at radius 1 is 1.16 bits per heavy atom. The molecule has 37 heavy (non-hydrogen) atoms. The van der Waals surface area contributed by atoms with Gasteiger partial charge in [-0.15, -0.1) is 0 Å². The largest absolute Gasteiger partial charge is 0.498 e. The van der Waals surface area contributed by atoms with Crippen LogP contribution in [-0.2, 0) is 18.8 Å². The highest BCUT2D eigenvalue weighted by atomic mass is 16.7. The fraction of sp³-hybridized carbons (Fsp3) is 0.769. The summed E-state index contributed by atoms with van der Waals surface area (Å²) in [7, 11) is -0.487. The summed E-state index contributed by atoms with van der Waals surface area (Å²) in [6.45, 7) is 17.3. The summed E-state index contributed by atoms with van der Waals surface area (Å²) in [5.41, 5.74) is -0.630. The van der Waals surface area contributed by atoms with Crippen LogP contribution in [0.5, 0.6) is 0 Å². The Morgan fingerprint density at radius 3 is 2.30 bits per heavy atom. The topological polar surface area (TPSA) is 106 Å². The van der Waals surface area contributed by atoms with E-state index in [2.05, 4.69) is 20.2 Å². The van der Waals surface area contributed by atoms with E-state index in [0.29, 0.717) is 31.0 Å². The standard InChI is InChI=1S/C26H42BN5O5/c1-17(30-23(34)35-24(2,3)4)21(33)31-12-11-18(15-31)16-32(20-9-10-20)22-28-13-19(14-29-22)27-36-25(5,6)26(7,8)37-27/h13-14,17-18,20H,9-12,15-16H2,1-8H3,(H,30,34)/t17-,18-/m0/s1. The van der Waals surface area contributed by atoms with Crippen molar-refractivity contribution in [1.82, 2.24) is 20.2 Å². The van der Waals surface area contributed by atoms with Gasteiger partial charge in [-0.3, -0.25) is 4.79 Å². The number of nitrogens with zero attached hydrogens (tertiary/aromatic N) is 4. The van der Waals surface area contributed by atoms with Crippen LogP contribution in [0.25, 0.3) is 0 Å². The Balaban J connectivity index is 1.33. The second-order valence-electron chi connectivity index (χ2n) is 12.6. The molecule has 1 aromatic heterocycles.